The van der Waals surface area contributed by atoms with E-state index in [0.717, 1.165) is 25.6 Å². The van der Waals surface area contributed by atoms with Gasteiger partial charge in [-0.05, 0) is 43.4 Å². The van der Waals surface area contributed by atoms with Gasteiger partial charge in [-0.25, -0.2) is 0 Å². The van der Waals surface area contributed by atoms with Gasteiger partial charge in [0.1, 0.15) is 0 Å². The van der Waals surface area contributed by atoms with Crippen LogP contribution in [-0.4, -0.2) is 36.6 Å². The van der Waals surface area contributed by atoms with Crippen molar-refractivity contribution in [3.8, 4) is 0 Å². The molecule has 0 spiro atoms. The van der Waals surface area contributed by atoms with Crippen molar-refractivity contribution in [2.75, 3.05) is 19.6 Å². The van der Waals surface area contributed by atoms with E-state index in [4.69, 9.17) is 5.73 Å². The zero-order valence-corrected chi connectivity index (χ0v) is 11.6. The van der Waals surface area contributed by atoms with E-state index in [0.29, 0.717) is 6.04 Å². The van der Waals surface area contributed by atoms with Crippen LogP contribution in [0.15, 0.2) is 24.3 Å². The Bertz CT molecular complexity index is 397. The summed E-state index contributed by atoms with van der Waals surface area (Å²) in [4.78, 5) is 2.65. The third-order valence-corrected chi connectivity index (χ3v) is 4.33. The Labute approximate surface area is 116 Å². The maximum absolute atomic E-state index is 5.57. The maximum Gasteiger partial charge on any atom is 0.0210 e. The molecule has 3 N–H and O–H groups in total. The highest BCUT2D eigenvalue weighted by Crippen LogP contribution is 2.29. The summed E-state index contributed by atoms with van der Waals surface area (Å²) in [5.74, 6) is 0. The molecule has 1 aliphatic carbocycles. The molecule has 1 saturated heterocycles. The lowest BCUT2D eigenvalue weighted by Gasteiger charge is -2.16. The molecule has 0 aromatic heterocycles. The van der Waals surface area contributed by atoms with Crippen LogP contribution in [0.1, 0.15) is 30.4 Å². The summed E-state index contributed by atoms with van der Waals surface area (Å²) >= 11 is 0. The minimum absolute atomic E-state index is 0.685. The average Bonchev–Trinajstić information content (AvgIpc) is 3.18. The van der Waals surface area contributed by atoms with Gasteiger partial charge in [0.25, 0.3) is 0 Å². The lowest BCUT2D eigenvalue weighted by atomic mass is 10.1. The van der Waals surface area contributed by atoms with Gasteiger partial charge in [0.05, 0.1) is 0 Å². The third kappa shape index (κ3) is 3.56. The Kier molecular flexibility index (Phi) is 4.16. The minimum Gasteiger partial charge on any atom is -0.330 e. The molecule has 104 valence electrons. The minimum atomic E-state index is 0.685. The summed E-state index contributed by atoms with van der Waals surface area (Å²) in [5.41, 5.74) is 8.29. The second kappa shape index (κ2) is 6.04. The van der Waals surface area contributed by atoms with Crippen molar-refractivity contribution in [2.24, 2.45) is 5.73 Å². The lowest BCUT2D eigenvalue weighted by Crippen LogP contribution is -2.32. The van der Waals surface area contributed by atoms with Crippen molar-refractivity contribution >= 4 is 0 Å². The highest BCUT2D eigenvalue weighted by molar-refractivity contribution is 5.22. The number of hydrogen-bond acceptors (Lipinski definition) is 3. The van der Waals surface area contributed by atoms with Gasteiger partial charge in [-0.3, -0.25) is 4.90 Å². The van der Waals surface area contributed by atoms with E-state index in [-0.39, 0.29) is 0 Å². The number of nitrogens with one attached hydrogen (secondary N) is 1. The smallest absolute Gasteiger partial charge is 0.0210 e. The Hall–Kier alpha value is -0.900. The fourth-order valence-electron chi connectivity index (χ4n) is 2.98. The molecular weight excluding hydrogens is 234 g/mol. The van der Waals surface area contributed by atoms with E-state index >= 15 is 0 Å². The molecule has 0 radical (unpaired) electrons. The number of likely N-dealkylation sites (tertiary alicyclic amines) is 1. The van der Waals surface area contributed by atoms with Gasteiger partial charge in [0.2, 0.25) is 0 Å². The van der Waals surface area contributed by atoms with Crippen LogP contribution in [0, 0.1) is 0 Å². The quantitative estimate of drug-likeness (QED) is 0.814. The molecule has 0 bridgehead atoms. The molecule has 19 heavy (non-hydrogen) atoms. The Morgan fingerprint density at radius 2 is 1.84 bits per heavy atom. The topological polar surface area (TPSA) is 41.3 Å². The van der Waals surface area contributed by atoms with E-state index in [1.165, 1.54) is 43.5 Å². The molecule has 1 aromatic carbocycles. The summed E-state index contributed by atoms with van der Waals surface area (Å²) in [6.07, 6.45) is 5.14. The average molecular weight is 259 g/mol. The Morgan fingerprint density at radius 3 is 2.53 bits per heavy atom. The van der Waals surface area contributed by atoms with Crippen LogP contribution >= 0.6 is 0 Å². The van der Waals surface area contributed by atoms with Gasteiger partial charge in [-0.1, -0.05) is 24.3 Å². The van der Waals surface area contributed by atoms with Crippen LogP contribution < -0.4 is 11.1 Å². The maximum atomic E-state index is 5.57. The monoisotopic (exact) mass is 259 g/mol. The van der Waals surface area contributed by atoms with Crippen molar-refractivity contribution in [2.45, 2.75) is 44.3 Å². The van der Waals surface area contributed by atoms with Crippen LogP contribution in [0.25, 0.3) is 0 Å². The first kappa shape index (κ1) is 13.1. The fraction of sp³-hybridized carbons (Fsp3) is 0.625. The molecule has 1 aliphatic heterocycles. The van der Waals surface area contributed by atoms with Crippen molar-refractivity contribution < 1.29 is 0 Å². The van der Waals surface area contributed by atoms with E-state index in [1.54, 1.807) is 0 Å². The second-order valence-corrected chi connectivity index (χ2v) is 5.95. The second-order valence-electron chi connectivity index (χ2n) is 5.95. The normalized spacial score (nSPS) is 23.9. The van der Waals surface area contributed by atoms with E-state index in [9.17, 15) is 0 Å². The fourth-order valence-corrected chi connectivity index (χ4v) is 2.98. The first-order chi connectivity index (χ1) is 9.35. The third-order valence-electron chi connectivity index (χ3n) is 4.33. The zero-order valence-electron chi connectivity index (χ0n) is 11.6. The summed E-state index contributed by atoms with van der Waals surface area (Å²) in [7, 11) is 0. The molecule has 1 aromatic rings. The zero-order chi connectivity index (χ0) is 13.1. The van der Waals surface area contributed by atoms with Crippen molar-refractivity contribution in [1.82, 2.24) is 10.2 Å². The predicted octanol–water partition coefficient (Wildman–Crippen LogP) is 1.51. The first-order valence-electron chi connectivity index (χ1n) is 7.60. The molecule has 3 rings (SSSR count). The number of rotatable bonds is 6. The molecule has 1 unspecified atom stereocenters. The predicted molar refractivity (Wildman–Crippen MR) is 79.0 cm³/mol. The SMILES string of the molecule is NCCc1ccc(CNC2CCN(C3CC3)C2)cc1. The van der Waals surface area contributed by atoms with Crippen molar-refractivity contribution in [1.29, 1.82) is 0 Å². The van der Waals surface area contributed by atoms with Crippen LogP contribution in [0.3, 0.4) is 0 Å². The van der Waals surface area contributed by atoms with Gasteiger partial charge < -0.3 is 11.1 Å². The molecule has 3 nitrogen and oxygen atoms in total. The van der Waals surface area contributed by atoms with Gasteiger partial charge in [-0.2, -0.15) is 0 Å². The van der Waals surface area contributed by atoms with Gasteiger partial charge in [0, 0.05) is 31.7 Å². The molecule has 3 heteroatoms. The van der Waals surface area contributed by atoms with E-state index in [2.05, 4.69) is 34.5 Å². The Balaban J connectivity index is 1.44. The van der Waals surface area contributed by atoms with Crippen LogP contribution in [0.4, 0.5) is 0 Å². The molecule has 1 atom stereocenters. The van der Waals surface area contributed by atoms with Gasteiger partial charge in [-0.15, -0.1) is 0 Å². The summed E-state index contributed by atoms with van der Waals surface area (Å²) in [6, 6.07) is 10.5. The van der Waals surface area contributed by atoms with E-state index in [1.807, 2.05) is 0 Å². The highest BCUT2D eigenvalue weighted by Gasteiger charge is 2.33. The van der Waals surface area contributed by atoms with Gasteiger partial charge >= 0.3 is 0 Å². The largest absolute Gasteiger partial charge is 0.330 e. The van der Waals surface area contributed by atoms with Crippen molar-refractivity contribution in [3.05, 3.63) is 35.4 Å². The lowest BCUT2D eigenvalue weighted by molar-refractivity contribution is 0.317. The highest BCUT2D eigenvalue weighted by atomic mass is 15.2. The molecule has 2 aliphatic rings. The molecule has 2 fully saturated rings. The summed E-state index contributed by atoms with van der Waals surface area (Å²) < 4.78 is 0. The molecule has 0 amide bonds. The Morgan fingerprint density at radius 1 is 1.11 bits per heavy atom. The first-order valence-corrected chi connectivity index (χ1v) is 7.60. The summed E-state index contributed by atoms with van der Waals surface area (Å²) in [6.45, 7) is 4.26. The summed E-state index contributed by atoms with van der Waals surface area (Å²) in [5, 5.41) is 3.70. The number of nitrogens with zero attached hydrogens (tertiary/aromatic N) is 1. The number of hydrogen-bond donors (Lipinski definition) is 2. The van der Waals surface area contributed by atoms with Crippen LogP contribution in [-0.2, 0) is 13.0 Å². The van der Waals surface area contributed by atoms with Crippen LogP contribution in [0.2, 0.25) is 0 Å². The molecule has 1 heterocycles. The van der Waals surface area contributed by atoms with Crippen LogP contribution in [0.5, 0.6) is 0 Å². The van der Waals surface area contributed by atoms with E-state index < -0.39 is 0 Å². The number of nitrogens with two attached hydrogens (primary N) is 1. The molecule has 1 saturated carbocycles. The standard InChI is InChI=1S/C16H25N3/c17-9-7-13-1-3-14(4-2-13)11-18-15-8-10-19(12-15)16-5-6-16/h1-4,15-16,18H,5-12,17H2. The molecular formula is C16H25N3. The van der Waals surface area contributed by atoms with Crippen molar-refractivity contribution in [3.63, 3.8) is 0 Å². The number of benzene rings is 1. The van der Waals surface area contributed by atoms with Gasteiger partial charge in [0.15, 0.2) is 0 Å².